The molecule has 0 aliphatic rings. The zero-order valence-corrected chi connectivity index (χ0v) is 13.8. The van der Waals surface area contributed by atoms with E-state index in [1.807, 2.05) is 36.7 Å². The van der Waals surface area contributed by atoms with Crippen molar-refractivity contribution in [3.8, 4) is 22.6 Å². The molecule has 0 spiro atoms. The van der Waals surface area contributed by atoms with E-state index in [4.69, 9.17) is 9.47 Å². The van der Waals surface area contributed by atoms with Gasteiger partial charge in [-0.15, -0.1) is 11.3 Å². The van der Waals surface area contributed by atoms with E-state index < -0.39 is 0 Å². The van der Waals surface area contributed by atoms with Gasteiger partial charge in [0.05, 0.1) is 19.6 Å². The average Bonchev–Trinajstić information content (AvgIpc) is 3.01. The van der Waals surface area contributed by atoms with Crippen LogP contribution in [-0.4, -0.2) is 18.8 Å². The van der Waals surface area contributed by atoms with Crippen molar-refractivity contribution in [3.05, 3.63) is 45.7 Å². The summed E-state index contributed by atoms with van der Waals surface area (Å²) in [6, 6.07) is 5.84. The highest BCUT2D eigenvalue weighted by Crippen LogP contribution is 2.37. The molecule has 114 valence electrons. The molecule has 0 fully saturated rings. The molecule has 3 rings (SSSR count). The maximum atomic E-state index is 12.2. The molecule has 22 heavy (non-hydrogen) atoms. The Hall–Kier alpha value is -2.27. The molecule has 4 nitrogen and oxygen atoms in total. The van der Waals surface area contributed by atoms with Gasteiger partial charge >= 0.3 is 0 Å². The lowest BCUT2D eigenvalue weighted by molar-refractivity contribution is 0.389. The molecular weight excluding hydrogens is 298 g/mol. The summed E-state index contributed by atoms with van der Waals surface area (Å²) in [6.45, 7) is 1.96. The van der Waals surface area contributed by atoms with Crippen LogP contribution in [0.4, 0.5) is 0 Å². The molecule has 0 saturated heterocycles. The third-order valence-electron chi connectivity index (χ3n) is 3.85. The van der Waals surface area contributed by atoms with Gasteiger partial charge < -0.3 is 14.0 Å². The number of pyridine rings is 1. The number of methoxy groups -OCH3 is 2. The molecule has 0 aliphatic carbocycles. The molecular formula is C17H17NO3S. The van der Waals surface area contributed by atoms with Gasteiger partial charge in [-0.05, 0) is 36.1 Å². The summed E-state index contributed by atoms with van der Waals surface area (Å²) in [5, 5.41) is 2.68. The molecule has 2 aromatic heterocycles. The Morgan fingerprint density at radius 1 is 1.14 bits per heavy atom. The van der Waals surface area contributed by atoms with Crippen molar-refractivity contribution in [2.45, 2.75) is 6.92 Å². The number of hydrogen-bond donors (Lipinski definition) is 0. The maximum Gasteiger partial charge on any atom is 0.259 e. The number of thiophene rings is 1. The van der Waals surface area contributed by atoms with Crippen molar-refractivity contribution >= 4 is 21.4 Å². The van der Waals surface area contributed by atoms with Crippen molar-refractivity contribution in [2.24, 2.45) is 7.05 Å². The maximum absolute atomic E-state index is 12.2. The summed E-state index contributed by atoms with van der Waals surface area (Å²) in [4.78, 5) is 12.2. The molecule has 0 radical (unpaired) electrons. The second kappa shape index (κ2) is 5.50. The molecule has 0 saturated carbocycles. The molecule has 3 aromatic rings. The van der Waals surface area contributed by atoms with Crippen molar-refractivity contribution in [1.29, 1.82) is 0 Å². The fourth-order valence-corrected chi connectivity index (χ4v) is 3.55. The summed E-state index contributed by atoms with van der Waals surface area (Å²) in [5.74, 6) is 1.54. The predicted molar refractivity (Wildman–Crippen MR) is 90.3 cm³/mol. The highest BCUT2D eigenvalue weighted by Gasteiger charge is 2.14. The summed E-state index contributed by atoms with van der Waals surface area (Å²) in [5.41, 5.74) is 2.96. The van der Waals surface area contributed by atoms with E-state index in [2.05, 4.69) is 0 Å². The van der Waals surface area contributed by atoms with Crippen LogP contribution in [0.5, 0.6) is 11.5 Å². The van der Waals surface area contributed by atoms with Crippen LogP contribution >= 0.6 is 11.3 Å². The van der Waals surface area contributed by atoms with E-state index in [1.165, 1.54) is 0 Å². The smallest absolute Gasteiger partial charge is 0.259 e. The monoisotopic (exact) mass is 315 g/mol. The normalized spacial score (nSPS) is 10.9. The predicted octanol–water partition coefficient (Wildman–Crippen LogP) is 3.59. The largest absolute Gasteiger partial charge is 0.496 e. The van der Waals surface area contributed by atoms with E-state index >= 15 is 0 Å². The Labute approximate surface area is 132 Å². The van der Waals surface area contributed by atoms with Crippen molar-refractivity contribution in [1.82, 2.24) is 4.57 Å². The number of ether oxygens (including phenoxy) is 2. The van der Waals surface area contributed by atoms with Crippen molar-refractivity contribution in [2.75, 3.05) is 14.2 Å². The number of nitrogens with zero attached hydrogens (tertiary/aromatic N) is 1. The lowest BCUT2D eigenvalue weighted by Crippen LogP contribution is -2.15. The van der Waals surface area contributed by atoms with Gasteiger partial charge in [0.15, 0.2) is 0 Å². The van der Waals surface area contributed by atoms with Crippen LogP contribution in [0.1, 0.15) is 5.56 Å². The first kappa shape index (κ1) is 14.7. The molecule has 0 amide bonds. The van der Waals surface area contributed by atoms with Crippen LogP contribution in [0.2, 0.25) is 0 Å². The van der Waals surface area contributed by atoms with Gasteiger partial charge in [0, 0.05) is 29.1 Å². The highest BCUT2D eigenvalue weighted by atomic mass is 32.1. The van der Waals surface area contributed by atoms with Crippen molar-refractivity contribution in [3.63, 3.8) is 0 Å². The minimum atomic E-state index is 0.0195. The third-order valence-corrected chi connectivity index (χ3v) is 4.79. The first-order valence-corrected chi connectivity index (χ1v) is 7.74. The van der Waals surface area contributed by atoms with E-state index in [0.29, 0.717) is 0 Å². The van der Waals surface area contributed by atoms with E-state index in [9.17, 15) is 4.79 Å². The number of benzene rings is 1. The van der Waals surface area contributed by atoms with Crippen LogP contribution in [0.25, 0.3) is 21.2 Å². The molecule has 0 atom stereocenters. The summed E-state index contributed by atoms with van der Waals surface area (Å²) in [7, 11) is 5.06. The zero-order chi connectivity index (χ0) is 15.9. The number of fused-ring (bicyclic) bond motifs is 1. The summed E-state index contributed by atoms with van der Waals surface area (Å²) in [6.07, 6.45) is 1.87. The minimum Gasteiger partial charge on any atom is -0.496 e. The van der Waals surface area contributed by atoms with Crippen LogP contribution in [0, 0.1) is 6.92 Å². The van der Waals surface area contributed by atoms with Crippen LogP contribution in [-0.2, 0) is 7.05 Å². The Kier molecular flexibility index (Phi) is 3.66. The summed E-state index contributed by atoms with van der Waals surface area (Å²) >= 11 is 1.57. The minimum absolute atomic E-state index is 0.0195. The lowest BCUT2D eigenvalue weighted by atomic mass is 10.0. The lowest BCUT2D eigenvalue weighted by Gasteiger charge is -2.14. The second-order valence-electron chi connectivity index (χ2n) is 5.13. The zero-order valence-electron chi connectivity index (χ0n) is 13.0. The Morgan fingerprint density at radius 2 is 1.77 bits per heavy atom. The SMILES string of the molecule is COc1cc(-c2cn(C)c(=O)c3ccsc23)cc(OC)c1C. The number of rotatable bonds is 3. The molecule has 5 heteroatoms. The molecule has 0 unspecified atom stereocenters. The van der Waals surface area contributed by atoms with E-state index in [1.54, 1.807) is 37.2 Å². The molecule has 0 aliphatic heterocycles. The van der Waals surface area contributed by atoms with Gasteiger partial charge in [-0.2, -0.15) is 0 Å². The van der Waals surface area contributed by atoms with Gasteiger partial charge in [0.1, 0.15) is 11.5 Å². The quantitative estimate of drug-likeness (QED) is 0.741. The fourth-order valence-electron chi connectivity index (χ4n) is 2.63. The topological polar surface area (TPSA) is 40.5 Å². The molecule has 0 N–H and O–H groups in total. The Balaban J connectivity index is 2.35. The molecule has 0 bridgehead atoms. The van der Waals surface area contributed by atoms with E-state index in [0.717, 1.165) is 38.3 Å². The molecule has 1 aromatic carbocycles. The van der Waals surface area contributed by atoms with Crippen LogP contribution < -0.4 is 15.0 Å². The summed E-state index contributed by atoms with van der Waals surface area (Å²) < 4.78 is 13.5. The first-order valence-electron chi connectivity index (χ1n) is 6.86. The van der Waals surface area contributed by atoms with Crippen LogP contribution in [0.15, 0.2) is 34.6 Å². The average molecular weight is 315 g/mol. The number of aryl methyl sites for hydroxylation is 1. The third kappa shape index (κ3) is 2.18. The van der Waals surface area contributed by atoms with Crippen molar-refractivity contribution < 1.29 is 9.47 Å². The first-order chi connectivity index (χ1) is 10.6. The molecule has 2 heterocycles. The van der Waals surface area contributed by atoms with Gasteiger partial charge in [-0.25, -0.2) is 0 Å². The second-order valence-corrected chi connectivity index (χ2v) is 6.04. The fraction of sp³-hybridized carbons (Fsp3) is 0.235. The Bertz CT molecular complexity index is 883. The standard InChI is InChI=1S/C17H17NO3S/c1-10-14(20-3)7-11(8-15(10)21-4)13-9-18(2)17(19)12-5-6-22-16(12)13/h5-9H,1-4H3. The Morgan fingerprint density at radius 3 is 2.36 bits per heavy atom. The van der Waals surface area contributed by atoms with Gasteiger partial charge in [-0.3, -0.25) is 4.79 Å². The number of hydrogen-bond acceptors (Lipinski definition) is 4. The van der Waals surface area contributed by atoms with Crippen LogP contribution in [0.3, 0.4) is 0 Å². The van der Waals surface area contributed by atoms with Gasteiger partial charge in [0.2, 0.25) is 0 Å². The highest BCUT2D eigenvalue weighted by molar-refractivity contribution is 7.17. The number of aromatic nitrogens is 1. The van der Waals surface area contributed by atoms with Gasteiger partial charge in [0.25, 0.3) is 5.56 Å². The van der Waals surface area contributed by atoms with Gasteiger partial charge in [-0.1, -0.05) is 0 Å². The van der Waals surface area contributed by atoms with E-state index in [-0.39, 0.29) is 5.56 Å².